The minimum Gasteiger partial charge on any atom is -0.482 e. The molecule has 2 atom stereocenters. The van der Waals surface area contributed by atoms with Crippen molar-refractivity contribution in [3.8, 4) is 5.75 Å². The van der Waals surface area contributed by atoms with E-state index in [-0.39, 0.29) is 31.3 Å². The number of hydrogen-bond donors (Lipinski definition) is 2. The zero-order chi connectivity index (χ0) is 19.0. The number of pyridine rings is 1. The van der Waals surface area contributed by atoms with Crippen LogP contribution in [-0.4, -0.2) is 52.0 Å². The lowest BCUT2D eigenvalue weighted by atomic mass is 10.1. The van der Waals surface area contributed by atoms with Crippen LogP contribution < -0.4 is 15.6 Å². The summed E-state index contributed by atoms with van der Waals surface area (Å²) in [6.07, 6.45) is 0.775. The summed E-state index contributed by atoms with van der Waals surface area (Å²) in [4.78, 5) is 38.2. The first-order valence-corrected chi connectivity index (χ1v) is 8.38. The van der Waals surface area contributed by atoms with Crippen LogP contribution in [0.1, 0.15) is 16.1 Å². The topological polar surface area (TPSA) is 110 Å². The molecule has 0 unspecified atom stereocenters. The van der Waals surface area contributed by atoms with E-state index in [1.54, 1.807) is 0 Å². The molecule has 1 aromatic carbocycles. The van der Waals surface area contributed by atoms with Gasteiger partial charge in [-0.25, -0.2) is 4.79 Å². The van der Waals surface area contributed by atoms with E-state index in [4.69, 9.17) is 9.47 Å². The van der Waals surface area contributed by atoms with Crippen LogP contribution in [0.5, 0.6) is 5.75 Å². The van der Waals surface area contributed by atoms with Crippen LogP contribution in [0.3, 0.4) is 0 Å². The van der Waals surface area contributed by atoms with Gasteiger partial charge in [-0.2, -0.15) is 0 Å². The lowest BCUT2D eigenvalue weighted by Crippen LogP contribution is -2.65. The summed E-state index contributed by atoms with van der Waals surface area (Å²) in [7, 11) is 0. The third-order valence-corrected chi connectivity index (χ3v) is 4.51. The Bertz CT molecular complexity index is 942. The summed E-state index contributed by atoms with van der Waals surface area (Å²) in [6, 6.07) is 9.37. The first kappa shape index (κ1) is 17.1. The molecule has 0 spiro atoms. The summed E-state index contributed by atoms with van der Waals surface area (Å²) < 4.78 is 12.3. The van der Waals surface area contributed by atoms with Crippen molar-refractivity contribution in [1.82, 2.24) is 9.58 Å². The Kier molecular flexibility index (Phi) is 4.28. The van der Waals surface area contributed by atoms with Crippen molar-refractivity contribution in [3.05, 3.63) is 64.1 Å². The predicted molar refractivity (Wildman–Crippen MR) is 93.0 cm³/mol. The monoisotopic (exact) mass is 371 g/mol. The highest BCUT2D eigenvalue weighted by molar-refractivity contribution is 5.98. The number of fused-ring (bicyclic) bond motifs is 2. The molecule has 1 fully saturated rings. The number of benzene rings is 1. The van der Waals surface area contributed by atoms with Crippen LogP contribution in [0.2, 0.25) is 0 Å². The number of carboxylic acid groups (broad SMARTS) is 1. The average molecular weight is 371 g/mol. The van der Waals surface area contributed by atoms with E-state index in [9.17, 15) is 19.5 Å². The number of hydrogen-bond acceptors (Lipinski definition) is 6. The molecule has 2 aliphatic rings. The standard InChI is InChI=1S/C18H17N3O6/c22-13-6-7-20-15(16(13)27-8-11-4-2-1-3-5-11)17(23)21-12(18(24)25)9-26-10-14(21)19-20/h1-7,12,14,19H,8-10H2,(H,24,25)/t12-,14-/m0/s1. The first-order chi connectivity index (χ1) is 13.1. The Labute approximate surface area is 153 Å². The number of carboxylic acids is 1. The van der Waals surface area contributed by atoms with Crippen LogP contribution in [-0.2, 0) is 16.1 Å². The molecule has 3 heterocycles. The number of amides is 1. The van der Waals surface area contributed by atoms with E-state index >= 15 is 0 Å². The van der Waals surface area contributed by atoms with Gasteiger partial charge in [0.1, 0.15) is 12.8 Å². The molecule has 1 aromatic heterocycles. The zero-order valence-electron chi connectivity index (χ0n) is 14.2. The maximum absolute atomic E-state index is 13.1. The lowest BCUT2D eigenvalue weighted by Gasteiger charge is -2.44. The van der Waals surface area contributed by atoms with E-state index in [1.807, 2.05) is 30.3 Å². The second kappa shape index (κ2) is 6.76. The molecule has 0 bridgehead atoms. The highest BCUT2D eigenvalue weighted by Gasteiger charge is 2.44. The smallest absolute Gasteiger partial charge is 0.328 e. The van der Waals surface area contributed by atoms with E-state index in [2.05, 4.69) is 5.43 Å². The number of ether oxygens (including phenoxy) is 2. The second-order valence-electron chi connectivity index (χ2n) is 6.25. The number of nitrogens with zero attached hydrogens (tertiary/aromatic N) is 2. The van der Waals surface area contributed by atoms with Gasteiger partial charge in [0.05, 0.1) is 13.2 Å². The third kappa shape index (κ3) is 3.02. The van der Waals surface area contributed by atoms with Crippen LogP contribution in [0.4, 0.5) is 0 Å². The molecule has 0 aliphatic carbocycles. The fourth-order valence-corrected chi connectivity index (χ4v) is 3.22. The molecule has 9 nitrogen and oxygen atoms in total. The van der Waals surface area contributed by atoms with Gasteiger partial charge in [-0.15, -0.1) is 0 Å². The minimum atomic E-state index is -1.17. The second-order valence-corrected chi connectivity index (χ2v) is 6.25. The van der Waals surface area contributed by atoms with E-state index in [1.165, 1.54) is 21.8 Å². The van der Waals surface area contributed by atoms with Gasteiger partial charge >= 0.3 is 5.97 Å². The number of carbonyl (C=O) groups excluding carboxylic acids is 1. The molecule has 2 aliphatic heterocycles. The van der Waals surface area contributed by atoms with Crippen molar-refractivity contribution in [2.75, 3.05) is 18.6 Å². The molecule has 27 heavy (non-hydrogen) atoms. The Morgan fingerprint density at radius 1 is 1.22 bits per heavy atom. The van der Waals surface area contributed by atoms with Crippen molar-refractivity contribution in [2.45, 2.75) is 18.8 Å². The van der Waals surface area contributed by atoms with Crippen molar-refractivity contribution < 1.29 is 24.2 Å². The van der Waals surface area contributed by atoms with Gasteiger partial charge in [0.25, 0.3) is 5.91 Å². The van der Waals surface area contributed by atoms with Crippen molar-refractivity contribution in [3.63, 3.8) is 0 Å². The summed E-state index contributed by atoms with van der Waals surface area (Å²) in [5.41, 5.74) is 3.35. The summed E-state index contributed by atoms with van der Waals surface area (Å²) >= 11 is 0. The van der Waals surface area contributed by atoms with Gasteiger partial charge in [-0.05, 0) is 5.56 Å². The van der Waals surface area contributed by atoms with Gasteiger partial charge < -0.3 is 20.0 Å². The molecule has 2 aromatic rings. The van der Waals surface area contributed by atoms with Crippen LogP contribution in [0, 0.1) is 0 Å². The number of aliphatic carboxylic acids is 1. The summed E-state index contributed by atoms with van der Waals surface area (Å²) in [5.74, 6) is -1.88. The Morgan fingerprint density at radius 3 is 2.74 bits per heavy atom. The van der Waals surface area contributed by atoms with Gasteiger partial charge in [-0.3, -0.25) is 19.2 Å². The number of aromatic nitrogens is 1. The minimum absolute atomic E-state index is 0.0252. The largest absolute Gasteiger partial charge is 0.482 e. The van der Waals surface area contributed by atoms with E-state index < -0.39 is 29.5 Å². The SMILES string of the molecule is O=C(O)[C@@H]1COC[C@H]2Nn3ccc(=O)c(OCc4ccccc4)c3C(=O)N21. The summed E-state index contributed by atoms with van der Waals surface area (Å²) in [5, 5.41) is 9.42. The molecule has 4 rings (SSSR count). The fraction of sp³-hybridized carbons (Fsp3) is 0.278. The average Bonchev–Trinajstić information content (AvgIpc) is 2.68. The fourth-order valence-electron chi connectivity index (χ4n) is 3.22. The zero-order valence-corrected chi connectivity index (χ0v) is 14.2. The third-order valence-electron chi connectivity index (χ3n) is 4.51. The van der Waals surface area contributed by atoms with Gasteiger partial charge in [-0.1, -0.05) is 30.3 Å². The maximum atomic E-state index is 13.1. The lowest BCUT2D eigenvalue weighted by molar-refractivity contribution is -0.150. The van der Waals surface area contributed by atoms with Crippen molar-refractivity contribution in [2.24, 2.45) is 0 Å². The van der Waals surface area contributed by atoms with Crippen LogP contribution in [0.15, 0.2) is 47.4 Å². The van der Waals surface area contributed by atoms with Gasteiger partial charge in [0, 0.05) is 12.3 Å². The maximum Gasteiger partial charge on any atom is 0.328 e. The first-order valence-electron chi connectivity index (χ1n) is 8.38. The van der Waals surface area contributed by atoms with E-state index in [0.29, 0.717) is 0 Å². The molecule has 1 saturated heterocycles. The van der Waals surface area contributed by atoms with Gasteiger partial charge in [0.2, 0.25) is 5.43 Å². The van der Waals surface area contributed by atoms with Crippen LogP contribution in [0.25, 0.3) is 0 Å². The van der Waals surface area contributed by atoms with Crippen molar-refractivity contribution in [1.29, 1.82) is 0 Å². The molecule has 140 valence electrons. The number of morpholine rings is 1. The quantitative estimate of drug-likeness (QED) is 0.792. The Balaban J connectivity index is 1.71. The molecule has 2 N–H and O–H groups in total. The van der Waals surface area contributed by atoms with Crippen molar-refractivity contribution >= 4 is 11.9 Å². The molecule has 9 heteroatoms. The number of carbonyl (C=O) groups is 2. The normalized spacial score (nSPS) is 21.0. The molecule has 1 amide bonds. The highest BCUT2D eigenvalue weighted by atomic mass is 16.5. The summed E-state index contributed by atoms with van der Waals surface area (Å²) in [6.45, 7) is 0.132. The number of nitrogens with one attached hydrogen (secondary N) is 1. The van der Waals surface area contributed by atoms with Gasteiger partial charge in [0.15, 0.2) is 17.5 Å². The predicted octanol–water partition coefficient (Wildman–Crippen LogP) is 0.236. The molecule has 0 radical (unpaired) electrons. The Morgan fingerprint density at radius 2 is 2.00 bits per heavy atom. The molecular weight excluding hydrogens is 354 g/mol. The number of rotatable bonds is 4. The van der Waals surface area contributed by atoms with E-state index in [0.717, 1.165) is 5.56 Å². The van der Waals surface area contributed by atoms with Crippen LogP contribution >= 0.6 is 0 Å². The highest BCUT2D eigenvalue weighted by Crippen LogP contribution is 2.25. The Hall–Kier alpha value is -3.33. The molecule has 0 saturated carbocycles. The molecular formula is C18H17N3O6.